The monoisotopic (exact) mass is 260 g/mol. The summed E-state index contributed by atoms with van der Waals surface area (Å²) in [6.07, 6.45) is 4.10. The molecule has 0 saturated carbocycles. The van der Waals surface area contributed by atoms with Crippen LogP contribution >= 0.6 is 11.8 Å². The molecule has 0 N–H and O–H groups in total. The van der Waals surface area contributed by atoms with Crippen molar-refractivity contribution in [2.24, 2.45) is 0 Å². The second-order valence-electron chi connectivity index (χ2n) is 4.22. The van der Waals surface area contributed by atoms with Crippen LogP contribution in [0.2, 0.25) is 0 Å². The standard InChI is InChI=1S/C15H16O2S/c1-11-8-14(9-12(2)17-11)18-10-15(16)13-6-4-3-5-7-13/h3-9,11H,10H2,1-2H3. The zero-order valence-electron chi connectivity index (χ0n) is 10.6. The normalized spacial score (nSPS) is 18.7. The molecular formula is C15H16O2S. The summed E-state index contributed by atoms with van der Waals surface area (Å²) in [5.74, 6) is 1.53. The van der Waals surface area contributed by atoms with E-state index in [9.17, 15) is 4.79 Å². The summed E-state index contributed by atoms with van der Waals surface area (Å²) in [5.41, 5.74) is 0.770. The van der Waals surface area contributed by atoms with Crippen LogP contribution in [0.15, 0.2) is 53.1 Å². The van der Waals surface area contributed by atoms with E-state index in [-0.39, 0.29) is 11.9 Å². The van der Waals surface area contributed by atoms with E-state index in [0.29, 0.717) is 5.75 Å². The average Bonchev–Trinajstić information content (AvgIpc) is 2.36. The number of carbonyl (C=O) groups excluding carboxylic acids is 1. The van der Waals surface area contributed by atoms with Crippen molar-refractivity contribution in [3.63, 3.8) is 0 Å². The molecule has 1 aliphatic rings. The van der Waals surface area contributed by atoms with E-state index in [1.54, 1.807) is 11.8 Å². The van der Waals surface area contributed by atoms with Gasteiger partial charge in [0.05, 0.1) is 11.5 Å². The summed E-state index contributed by atoms with van der Waals surface area (Å²) in [4.78, 5) is 13.1. The highest BCUT2D eigenvalue weighted by molar-refractivity contribution is 8.03. The number of ether oxygens (including phenoxy) is 1. The summed E-state index contributed by atoms with van der Waals surface area (Å²) in [5, 5.41) is 0. The van der Waals surface area contributed by atoms with Crippen molar-refractivity contribution in [2.75, 3.05) is 5.75 Å². The molecule has 1 aromatic rings. The summed E-state index contributed by atoms with van der Waals surface area (Å²) < 4.78 is 5.49. The molecule has 1 heterocycles. The Morgan fingerprint density at radius 3 is 2.72 bits per heavy atom. The maximum absolute atomic E-state index is 12.0. The van der Waals surface area contributed by atoms with Crippen LogP contribution in [0.1, 0.15) is 24.2 Å². The Balaban J connectivity index is 1.95. The van der Waals surface area contributed by atoms with Crippen LogP contribution in [0, 0.1) is 0 Å². The molecule has 0 aromatic heterocycles. The van der Waals surface area contributed by atoms with Gasteiger partial charge in [-0.15, -0.1) is 11.8 Å². The minimum atomic E-state index is 0.0873. The third kappa shape index (κ3) is 3.50. The number of allylic oxidation sites excluding steroid dienone is 2. The molecule has 0 fully saturated rings. The Morgan fingerprint density at radius 2 is 2.06 bits per heavy atom. The molecule has 0 aliphatic carbocycles. The highest BCUT2D eigenvalue weighted by atomic mass is 32.2. The molecule has 1 aliphatic heterocycles. The van der Waals surface area contributed by atoms with Crippen LogP contribution in [0.3, 0.4) is 0 Å². The molecular weight excluding hydrogens is 244 g/mol. The zero-order chi connectivity index (χ0) is 13.0. The number of hydrogen-bond acceptors (Lipinski definition) is 3. The number of thioether (sulfide) groups is 1. The first-order valence-corrected chi connectivity index (χ1v) is 6.91. The fourth-order valence-corrected chi connectivity index (χ4v) is 2.79. The highest BCUT2D eigenvalue weighted by Crippen LogP contribution is 2.25. The minimum absolute atomic E-state index is 0.0873. The molecule has 3 heteroatoms. The molecule has 0 bridgehead atoms. The van der Waals surface area contributed by atoms with Gasteiger partial charge in [-0.05, 0) is 26.0 Å². The van der Waals surface area contributed by atoms with E-state index in [1.165, 1.54) is 0 Å². The summed E-state index contributed by atoms with van der Waals surface area (Å²) in [6.45, 7) is 3.93. The molecule has 0 radical (unpaired) electrons. The van der Waals surface area contributed by atoms with E-state index in [1.807, 2.05) is 56.3 Å². The second-order valence-corrected chi connectivity index (χ2v) is 5.27. The molecule has 1 unspecified atom stereocenters. The van der Waals surface area contributed by atoms with Gasteiger partial charge in [-0.1, -0.05) is 30.3 Å². The van der Waals surface area contributed by atoms with Gasteiger partial charge in [0.25, 0.3) is 0 Å². The summed E-state index contributed by atoms with van der Waals surface area (Å²) in [6, 6.07) is 9.39. The van der Waals surface area contributed by atoms with E-state index in [0.717, 1.165) is 16.2 Å². The third-order valence-electron chi connectivity index (χ3n) is 2.58. The van der Waals surface area contributed by atoms with Gasteiger partial charge in [0.1, 0.15) is 6.10 Å². The Labute approximate surface area is 112 Å². The first-order chi connectivity index (χ1) is 8.65. The number of Topliss-reactive ketones (excluding diaryl/α,β-unsaturated/α-hetero) is 1. The van der Waals surface area contributed by atoms with Gasteiger partial charge in [0.2, 0.25) is 0 Å². The van der Waals surface area contributed by atoms with Crippen molar-refractivity contribution in [1.29, 1.82) is 0 Å². The molecule has 0 amide bonds. The number of carbonyl (C=O) groups is 1. The predicted molar refractivity (Wildman–Crippen MR) is 75.6 cm³/mol. The lowest BCUT2D eigenvalue weighted by Gasteiger charge is -2.18. The number of rotatable bonds is 4. The lowest BCUT2D eigenvalue weighted by Crippen LogP contribution is -2.09. The maximum atomic E-state index is 12.0. The smallest absolute Gasteiger partial charge is 0.173 e. The highest BCUT2D eigenvalue weighted by Gasteiger charge is 2.11. The van der Waals surface area contributed by atoms with Gasteiger partial charge in [0, 0.05) is 10.5 Å². The number of benzene rings is 1. The van der Waals surface area contributed by atoms with Gasteiger partial charge >= 0.3 is 0 Å². The van der Waals surface area contributed by atoms with Crippen LogP contribution in [-0.4, -0.2) is 17.6 Å². The van der Waals surface area contributed by atoms with Crippen LogP contribution in [-0.2, 0) is 4.74 Å². The molecule has 94 valence electrons. The fourth-order valence-electron chi connectivity index (χ4n) is 1.79. The van der Waals surface area contributed by atoms with Crippen molar-refractivity contribution < 1.29 is 9.53 Å². The van der Waals surface area contributed by atoms with Crippen LogP contribution in [0.4, 0.5) is 0 Å². The topological polar surface area (TPSA) is 26.3 Å². The fraction of sp³-hybridized carbons (Fsp3) is 0.267. The van der Waals surface area contributed by atoms with E-state index < -0.39 is 0 Å². The van der Waals surface area contributed by atoms with Crippen molar-refractivity contribution in [3.05, 3.63) is 58.7 Å². The Morgan fingerprint density at radius 1 is 1.33 bits per heavy atom. The summed E-state index contributed by atoms with van der Waals surface area (Å²) in [7, 11) is 0. The summed E-state index contributed by atoms with van der Waals surface area (Å²) >= 11 is 1.56. The van der Waals surface area contributed by atoms with Gasteiger partial charge in [0.15, 0.2) is 5.78 Å². The molecule has 0 saturated heterocycles. The van der Waals surface area contributed by atoms with Crippen molar-refractivity contribution in [3.8, 4) is 0 Å². The van der Waals surface area contributed by atoms with E-state index in [2.05, 4.69) is 0 Å². The zero-order valence-corrected chi connectivity index (χ0v) is 11.4. The Kier molecular flexibility index (Phi) is 4.26. The third-order valence-corrected chi connectivity index (χ3v) is 3.58. The minimum Gasteiger partial charge on any atom is -0.491 e. The Hall–Kier alpha value is -1.48. The van der Waals surface area contributed by atoms with Gasteiger partial charge in [-0.2, -0.15) is 0 Å². The number of ketones is 1. The maximum Gasteiger partial charge on any atom is 0.173 e. The van der Waals surface area contributed by atoms with Gasteiger partial charge in [-0.25, -0.2) is 0 Å². The average molecular weight is 260 g/mol. The molecule has 1 atom stereocenters. The largest absolute Gasteiger partial charge is 0.491 e. The number of hydrogen-bond donors (Lipinski definition) is 0. The quantitative estimate of drug-likeness (QED) is 0.770. The first kappa shape index (κ1) is 13.0. The van der Waals surface area contributed by atoms with Crippen molar-refractivity contribution in [1.82, 2.24) is 0 Å². The molecule has 0 spiro atoms. The second kappa shape index (κ2) is 5.91. The van der Waals surface area contributed by atoms with E-state index >= 15 is 0 Å². The SMILES string of the molecule is CC1=CC(SCC(=O)c2ccccc2)=CC(C)O1. The predicted octanol–water partition coefficient (Wildman–Crippen LogP) is 3.81. The van der Waals surface area contributed by atoms with Crippen LogP contribution in [0.5, 0.6) is 0 Å². The van der Waals surface area contributed by atoms with E-state index in [4.69, 9.17) is 4.74 Å². The van der Waals surface area contributed by atoms with Crippen molar-refractivity contribution in [2.45, 2.75) is 20.0 Å². The molecule has 18 heavy (non-hydrogen) atoms. The first-order valence-electron chi connectivity index (χ1n) is 5.93. The Bertz CT molecular complexity index is 488. The lowest BCUT2D eigenvalue weighted by atomic mass is 10.2. The molecule has 1 aromatic carbocycles. The van der Waals surface area contributed by atoms with Gasteiger partial charge in [-0.3, -0.25) is 4.79 Å². The van der Waals surface area contributed by atoms with Gasteiger partial charge < -0.3 is 4.74 Å². The van der Waals surface area contributed by atoms with Crippen LogP contribution in [0.25, 0.3) is 0 Å². The molecule has 2 rings (SSSR count). The van der Waals surface area contributed by atoms with Crippen LogP contribution < -0.4 is 0 Å². The van der Waals surface area contributed by atoms with Crippen molar-refractivity contribution >= 4 is 17.5 Å². The molecule has 2 nitrogen and oxygen atoms in total. The lowest BCUT2D eigenvalue weighted by molar-refractivity contribution is 0.102.